The standard InChI is InChI=1S/C18H16N2O4/c1-11-2-3-14(12-4-6-13(7-5-12)17(22)23)10-15(11)20-9-8-16(21)19-18(20)24/h2-7,10H,8-9H2,1H3,(H,22,23)(H,19,21,24). The van der Waals surface area contributed by atoms with E-state index in [1.54, 1.807) is 29.2 Å². The zero-order chi connectivity index (χ0) is 17.3. The molecule has 1 aliphatic rings. The maximum absolute atomic E-state index is 12.1. The number of hydrogen-bond acceptors (Lipinski definition) is 3. The van der Waals surface area contributed by atoms with Gasteiger partial charge in [-0.1, -0.05) is 24.3 Å². The maximum Gasteiger partial charge on any atom is 0.335 e. The number of urea groups is 1. The Hall–Kier alpha value is -3.15. The van der Waals surface area contributed by atoms with Crippen LogP contribution in [0.2, 0.25) is 0 Å². The zero-order valence-corrected chi connectivity index (χ0v) is 13.1. The molecule has 122 valence electrons. The summed E-state index contributed by atoms with van der Waals surface area (Å²) in [6.07, 6.45) is 0.267. The van der Waals surface area contributed by atoms with Crippen LogP contribution in [0.3, 0.4) is 0 Å². The van der Waals surface area contributed by atoms with Gasteiger partial charge in [0.25, 0.3) is 0 Å². The average molecular weight is 324 g/mol. The summed E-state index contributed by atoms with van der Waals surface area (Å²) in [5.41, 5.74) is 3.61. The van der Waals surface area contributed by atoms with Gasteiger partial charge in [0.15, 0.2) is 0 Å². The molecule has 0 aromatic heterocycles. The first-order valence-corrected chi connectivity index (χ1v) is 7.51. The van der Waals surface area contributed by atoms with E-state index < -0.39 is 12.0 Å². The minimum Gasteiger partial charge on any atom is -0.478 e. The van der Waals surface area contributed by atoms with Crippen molar-refractivity contribution >= 4 is 23.6 Å². The predicted molar refractivity (Wildman–Crippen MR) is 89.1 cm³/mol. The summed E-state index contributed by atoms with van der Waals surface area (Å²) < 4.78 is 0. The molecular formula is C18H16N2O4. The normalized spacial score (nSPS) is 14.5. The first-order chi connectivity index (χ1) is 11.5. The summed E-state index contributed by atoms with van der Waals surface area (Å²) in [6.45, 7) is 2.24. The molecule has 2 aromatic rings. The van der Waals surface area contributed by atoms with E-state index in [9.17, 15) is 14.4 Å². The van der Waals surface area contributed by atoms with Crippen LogP contribution >= 0.6 is 0 Å². The molecule has 6 heteroatoms. The predicted octanol–water partition coefficient (Wildman–Crippen LogP) is 2.81. The molecule has 0 bridgehead atoms. The van der Waals surface area contributed by atoms with Crippen molar-refractivity contribution in [3.63, 3.8) is 0 Å². The van der Waals surface area contributed by atoms with E-state index in [4.69, 9.17) is 5.11 Å². The van der Waals surface area contributed by atoms with E-state index >= 15 is 0 Å². The Morgan fingerprint density at radius 2 is 1.75 bits per heavy atom. The number of carboxylic acids is 1. The Labute approximate surface area is 138 Å². The third-order valence-corrected chi connectivity index (χ3v) is 4.02. The number of benzene rings is 2. The van der Waals surface area contributed by atoms with Crippen LogP contribution in [-0.2, 0) is 4.79 Å². The van der Waals surface area contributed by atoms with Crippen LogP contribution in [0.5, 0.6) is 0 Å². The van der Waals surface area contributed by atoms with Crippen molar-refractivity contribution < 1.29 is 19.5 Å². The second-order valence-electron chi connectivity index (χ2n) is 5.64. The van der Waals surface area contributed by atoms with Gasteiger partial charge in [-0.2, -0.15) is 0 Å². The zero-order valence-electron chi connectivity index (χ0n) is 13.1. The number of carbonyl (C=O) groups excluding carboxylic acids is 2. The third-order valence-electron chi connectivity index (χ3n) is 4.02. The molecule has 0 atom stereocenters. The number of imide groups is 1. The van der Waals surface area contributed by atoms with Crippen LogP contribution in [-0.4, -0.2) is 29.6 Å². The van der Waals surface area contributed by atoms with Crippen molar-refractivity contribution in [1.82, 2.24) is 5.32 Å². The lowest BCUT2D eigenvalue weighted by Gasteiger charge is -2.28. The molecule has 24 heavy (non-hydrogen) atoms. The Kier molecular flexibility index (Phi) is 4.04. The van der Waals surface area contributed by atoms with Crippen LogP contribution in [0.25, 0.3) is 11.1 Å². The number of nitrogens with zero attached hydrogens (tertiary/aromatic N) is 1. The molecule has 0 radical (unpaired) electrons. The van der Waals surface area contributed by atoms with Gasteiger partial charge >= 0.3 is 12.0 Å². The van der Waals surface area contributed by atoms with Crippen molar-refractivity contribution in [1.29, 1.82) is 0 Å². The topological polar surface area (TPSA) is 86.7 Å². The van der Waals surface area contributed by atoms with E-state index in [1.165, 1.54) is 0 Å². The van der Waals surface area contributed by atoms with Gasteiger partial charge in [-0.25, -0.2) is 9.59 Å². The van der Waals surface area contributed by atoms with Crippen LogP contribution in [0, 0.1) is 6.92 Å². The number of rotatable bonds is 3. The van der Waals surface area contributed by atoms with E-state index in [2.05, 4.69) is 5.32 Å². The molecule has 1 aliphatic heterocycles. The minimum atomic E-state index is -0.971. The molecule has 0 unspecified atom stereocenters. The summed E-state index contributed by atoms with van der Waals surface area (Å²) >= 11 is 0. The average Bonchev–Trinajstić information content (AvgIpc) is 2.56. The first-order valence-electron chi connectivity index (χ1n) is 7.51. The van der Waals surface area contributed by atoms with E-state index in [1.807, 2.05) is 25.1 Å². The fourth-order valence-corrected chi connectivity index (χ4v) is 2.68. The van der Waals surface area contributed by atoms with E-state index in [-0.39, 0.29) is 17.9 Å². The summed E-state index contributed by atoms with van der Waals surface area (Å²) in [5.74, 6) is -1.24. The first kappa shape index (κ1) is 15.7. The highest BCUT2D eigenvalue weighted by Gasteiger charge is 2.25. The highest BCUT2D eigenvalue weighted by atomic mass is 16.4. The van der Waals surface area contributed by atoms with Crippen LogP contribution in [0.1, 0.15) is 22.3 Å². The monoisotopic (exact) mass is 324 g/mol. The molecule has 0 saturated carbocycles. The van der Waals surface area contributed by atoms with Gasteiger partial charge in [0, 0.05) is 18.7 Å². The maximum atomic E-state index is 12.1. The number of hydrogen-bond donors (Lipinski definition) is 2. The van der Waals surface area contributed by atoms with Crippen molar-refractivity contribution in [2.45, 2.75) is 13.3 Å². The number of nitrogens with one attached hydrogen (secondary N) is 1. The van der Waals surface area contributed by atoms with Crippen molar-refractivity contribution in [3.8, 4) is 11.1 Å². The highest BCUT2D eigenvalue weighted by Crippen LogP contribution is 2.29. The van der Waals surface area contributed by atoms with Gasteiger partial charge in [-0.05, 0) is 41.8 Å². The lowest BCUT2D eigenvalue weighted by Crippen LogP contribution is -2.49. The van der Waals surface area contributed by atoms with Crippen LogP contribution < -0.4 is 10.2 Å². The Morgan fingerprint density at radius 3 is 2.38 bits per heavy atom. The molecule has 6 nitrogen and oxygen atoms in total. The SMILES string of the molecule is Cc1ccc(-c2ccc(C(=O)O)cc2)cc1N1CCC(=O)NC1=O. The van der Waals surface area contributed by atoms with Crippen LogP contribution in [0.15, 0.2) is 42.5 Å². The van der Waals surface area contributed by atoms with Crippen molar-refractivity contribution in [2.24, 2.45) is 0 Å². The number of carboxylic acid groups (broad SMARTS) is 1. The van der Waals surface area contributed by atoms with Crippen LogP contribution in [0.4, 0.5) is 10.5 Å². The van der Waals surface area contributed by atoms with E-state index in [0.717, 1.165) is 22.4 Å². The molecular weight excluding hydrogens is 308 g/mol. The largest absolute Gasteiger partial charge is 0.478 e. The summed E-state index contributed by atoms with van der Waals surface area (Å²) in [7, 11) is 0. The van der Waals surface area contributed by atoms with Gasteiger partial charge in [0.2, 0.25) is 5.91 Å². The number of amides is 3. The summed E-state index contributed by atoms with van der Waals surface area (Å²) in [6, 6.07) is 11.8. The number of anilines is 1. The molecule has 1 heterocycles. The Bertz CT molecular complexity index is 827. The molecule has 1 saturated heterocycles. The van der Waals surface area contributed by atoms with Crippen molar-refractivity contribution in [3.05, 3.63) is 53.6 Å². The van der Waals surface area contributed by atoms with Crippen molar-refractivity contribution in [2.75, 3.05) is 11.4 Å². The van der Waals surface area contributed by atoms with Gasteiger partial charge < -0.3 is 5.11 Å². The van der Waals surface area contributed by atoms with Gasteiger partial charge in [0.05, 0.1) is 5.56 Å². The lowest BCUT2D eigenvalue weighted by atomic mass is 10.0. The quantitative estimate of drug-likeness (QED) is 0.909. The van der Waals surface area contributed by atoms with Gasteiger partial charge in [0.1, 0.15) is 0 Å². The molecule has 3 amide bonds. The molecule has 2 N–H and O–H groups in total. The fraction of sp³-hybridized carbons (Fsp3) is 0.167. The second kappa shape index (κ2) is 6.16. The minimum absolute atomic E-state index is 0.222. The fourth-order valence-electron chi connectivity index (χ4n) is 2.68. The summed E-state index contributed by atoms with van der Waals surface area (Å²) in [5, 5.41) is 11.3. The number of aromatic carboxylic acids is 1. The Morgan fingerprint density at radius 1 is 1.08 bits per heavy atom. The number of carbonyl (C=O) groups is 3. The smallest absolute Gasteiger partial charge is 0.335 e. The molecule has 0 spiro atoms. The van der Waals surface area contributed by atoms with Gasteiger partial charge in [-0.15, -0.1) is 0 Å². The molecule has 0 aliphatic carbocycles. The second-order valence-corrected chi connectivity index (χ2v) is 5.64. The highest BCUT2D eigenvalue weighted by molar-refractivity contribution is 6.06. The van der Waals surface area contributed by atoms with Gasteiger partial charge in [-0.3, -0.25) is 15.0 Å². The number of aryl methyl sites for hydroxylation is 1. The Balaban J connectivity index is 1.95. The van der Waals surface area contributed by atoms with E-state index in [0.29, 0.717) is 6.54 Å². The molecule has 3 rings (SSSR count). The lowest BCUT2D eigenvalue weighted by molar-refractivity contribution is -0.120. The molecule has 1 fully saturated rings. The summed E-state index contributed by atoms with van der Waals surface area (Å²) in [4.78, 5) is 35.8. The third kappa shape index (κ3) is 2.99. The molecule has 2 aromatic carbocycles.